The predicted octanol–water partition coefficient (Wildman–Crippen LogP) is 5.48. The average molecular weight is 434 g/mol. The molecule has 3 aromatic rings. The monoisotopic (exact) mass is 433 g/mol. The molecule has 1 aromatic heterocycles. The van der Waals surface area contributed by atoms with Gasteiger partial charge in [-0.15, -0.1) is 11.3 Å². The van der Waals surface area contributed by atoms with Crippen molar-refractivity contribution in [2.75, 3.05) is 20.3 Å². The Morgan fingerprint density at radius 2 is 1.68 bits per heavy atom. The lowest BCUT2D eigenvalue weighted by Gasteiger charge is -2.14. The van der Waals surface area contributed by atoms with Gasteiger partial charge in [0.25, 0.3) is 0 Å². The van der Waals surface area contributed by atoms with E-state index in [4.69, 9.17) is 9.47 Å². The molecule has 1 amide bonds. The zero-order valence-electron chi connectivity index (χ0n) is 17.2. The van der Waals surface area contributed by atoms with E-state index < -0.39 is 6.09 Å². The number of methoxy groups -OCH3 is 1. The Hall–Kier alpha value is -3.38. The van der Waals surface area contributed by atoms with Crippen molar-refractivity contribution >= 4 is 29.5 Å². The van der Waals surface area contributed by atoms with Crippen LogP contribution in [0.1, 0.15) is 38.0 Å². The molecule has 4 rings (SSSR count). The van der Waals surface area contributed by atoms with Gasteiger partial charge in [0.1, 0.15) is 11.5 Å². The Kier molecular flexibility index (Phi) is 6.48. The second-order valence-electron chi connectivity index (χ2n) is 7.14. The minimum absolute atomic E-state index is 0.0564. The van der Waals surface area contributed by atoms with Crippen molar-refractivity contribution in [2.24, 2.45) is 0 Å². The molecule has 0 saturated carbocycles. The molecular formula is C25H23NO4S. The number of nitrogens with one attached hydrogen (secondary N) is 1. The summed E-state index contributed by atoms with van der Waals surface area (Å²) in [6, 6.07) is 20.1. The van der Waals surface area contributed by atoms with Gasteiger partial charge in [-0.2, -0.15) is 0 Å². The van der Waals surface area contributed by atoms with Crippen molar-refractivity contribution in [3.8, 4) is 11.1 Å². The molecule has 0 saturated heterocycles. The van der Waals surface area contributed by atoms with Crippen LogP contribution in [0.2, 0.25) is 0 Å². The SMILES string of the molecule is COC(=O)c1ccc(C=CCCNC(=O)OCC2c3ccccc3-c3ccccc32)s1. The molecule has 31 heavy (non-hydrogen) atoms. The molecule has 2 aromatic carbocycles. The van der Waals surface area contributed by atoms with Crippen molar-refractivity contribution in [1.29, 1.82) is 0 Å². The average Bonchev–Trinajstić information content (AvgIpc) is 3.40. The Morgan fingerprint density at radius 3 is 2.35 bits per heavy atom. The number of hydrogen-bond donors (Lipinski definition) is 1. The van der Waals surface area contributed by atoms with Gasteiger partial charge in [0.15, 0.2) is 0 Å². The number of carbonyl (C=O) groups excluding carboxylic acids is 2. The Balaban J connectivity index is 1.25. The number of carbonyl (C=O) groups is 2. The van der Waals surface area contributed by atoms with Gasteiger partial charge in [0.05, 0.1) is 7.11 Å². The zero-order chi connectivity index (χ0) is 21.6. The fraction of sp³-hybridized carbons (Fsp3) is 0.200. The van der Waals surface area contributed by atoms with Crippen LogP contribution in [0.4, 0.5) is 4.79 Å². The van der Waals surface area contributed by atoms with E-state index in [1.165, 1.54) is 40.7 Å². The van der Waals surface area contributed by atoms with Crippen molar-refractivity contribution in [1.82, 2.24) is 5.32 Å². The first-order valence-electron chi connectivity index (χ1n) is 10.1. The first-order chi connectivity index (χ1) is 15.2. The molecule has 0 spiro atoms. The van der Waals surface area contributed by atoms with Crippen LogP contribution in [0.25, 0.3) is 17.2 Å². The van der Waals surface area contributed by atoms with E-state index in [9.17, 15) is 9.59 Å². The normalized spacial score (nSPS) is 12.4. The molecule has 0 radical (unpaired) electrons. The van der Waals surface area contributed by atoms with Crippen LogP contribution in [0.3, 0.4) is 0 Å². The van der Waals surface area contributed by atoms with Crippen LogP contribution in [0.15, 0.2) is 66.7 Å². The number of thiophene rings is 1. The first-order valence-corrected chi connectivity index (χ1v) is 10.9. The van der Waals surface area contributed by atoms with Crippen LogP contribution < -0.4 is 5.32 Å². The molecule has 0 aliphatic heterocycles. The Bertz CT molecular complexity index is 1070. The summed E-state index contributed by atoms with van der Waals surface area (Å²) in [5.74, 6) is -0.276. The quantitative estimate of drug-likeness (QED) is 0.396. The molecule has 1 aliphatic carbocycles. The van der Waals surface area contributed by atoms with E-state index in [1.807, 2.05) is 42.5 Å². The molecule has 0 unspecified atom stereocenters. The van der Waals surface area contributed by atoms with E-state index in [0.717, 1.165) is 4.88 Å². The first kappa shape index (κ1) is 20.9. The van der Waals surface area contributed by atoms with Crippen molar-refractivity contribution in [2.45, 2.75) is 12.3 Å². The topological polar surface area (TPSA) is 64.6 Å². The van der Waals surface area contributed by atoms with Crippen LogP contribution in [0, 0.1) is 0 Å². The van der Waals surface area contributed by atoms with Crippen molar-refractivity contribution in [3.05, 3.63) is 87.6 Å². The van der Waals surface area contributed by atoms with Gasteiger partial charge in [-0.1, -0.05) is 54.6 Å². The number of benzene rings is 2. The molecule has 1 heterocycles. The van der Waals surface area contributed by atoms with Crippen LogP contribution in [-0.4, -0.2) is 32.3 Å². The summed E-state index contributed by atoms with van der Waals surface area (Å²) in [5, 5.41) is 2.79. The fourth-order valence-corrected chi connectivity index (χ4v) is 4.62. The third-order valence-corrected chi connectivity index (χ3v) is 6.25. The summed E-state index contributed by atoms with van der Waals surface area (Å²) in [6.07, 6.45) is 4.13. The second-order valence-corrected chi connectivity index (χ2v) is 8.25. The van der Waals surface area contributed by atoms with Crippen molar-refractivity contribution < 1.29 is 19.1 Å². The molecule has 158 valence electrons. The molecule has 1 N–H and O–H groups in total. The smallest absolute Gasteiger partial charge is 0.407 e. The number of hydrogen-bond acceptors (Lipinski definition) is 5. The number of rotatable bonds is 7. The number of esters is 1. The maximum atomic E-state index is 12.2. The molecule has 0 atom stereocenters. The summed E-state index contributed by atoms with van der Waals surface area (Å²) in [5.41, 5.74) is 4.81. The largest absolute Gasteiger partial charge is 0.465 e. The molecular weight excluding hydrogens is 410 g/mol. The minimum atomic E-state index is -0.417. The summed E-state index contributed by atoms with van der Waals surface area (Å²) < 4.78 is 10.2. The van der Waals surface area contributed by atoms with Gasteiger partial charge in [-0.05, 0) is 46.9 Å². The highest BCUT2D eigenvalue weighted by Crippen LogP contribution is 2.44. The zero-order valence-corrected chi connectivity index (χ0v) is 18.0. The lowest BCUT2D eigenvalue weighted by molar-refractivity contribution is 0.0606. The summed E-state index contributed by atoms with van der Waals surface area (Å²) in [6.45, 7) is 0.781. The van der Waals surface area contributed by atoms with Gasteiger partial charge < -0.3 is 14.8 Å². The van der Waals surface area contributed by atoms with Crippen molar-refractivity contribution in [3.63, 3.8) is 0 Å². The van der Waals surface area contributed by atoms with Crippen LogP contribution >= 0.6 is 11.3 Å². The summed E-state index contributed by atoms with van der Waals surface area (Å²) in [4.78, 5) is 25.2. The number of alkyl carbamates (subject to hydrolysis) is 1. The lowest BCUT2D eigenvalue weighted by atomic mass is 9.98. The van der Waals surface area contributed by atoms with Gasteiger partial charge in [0.2, 0.25) is 0 Å². The highest BCUT2D eigenvalue weighted by molar-refractivity contribution is 7.14. The van der Waals surface area contributed by atoms with E-state index in [2.05, 4.69) is 29.6 Å². The van der Waals surface area contributed by atoms with E-state index in [1.54, 1.807) is 6.07 Å². The lowest BCUT2D eigenvalue weighted by Crippen LogP contribution is -2.26. The molecule has 1 aliphatic rings. The van der Waals surface area contributed by atoms with Gasteiger partial charge in [-0.3, -0.25) is 0 Å². The predicted molar refractivity (Wildman–Crippen MR) is 122 cm³/mol. The highest BCUT2D eigenvalue weighted by Gasteiger charge is 2.28. The standard InChI is InChI=1S/C25H23NO4S/c1-29-24(27)23-14-13-17(31-23)8-6-7-15-26-25(28)30-16-22-20-11-4-2-9-18(20)19-10-3-5-12-21(19)22/h2-6,8-14,22H,7,15-16H2,1H3,(H,26,28). The third-order valence-electron chi connectivity index (χ3n) is 5.22. The third kappa shape index (κ3) is 4.70. The highest BCUT2D eigenvalue weighted by atomic mass is 32.1. The molecule has 5 nitrogen and oxygen atoms in total. The molecule has 0 fully saturated rings. The Morgan fingerprint density at radius 1 is 1.00 bits per heavy atom. The summed E-state index contributed by atoms with van der Waals surface area (Å²) >= 11 is 1.37. The fourth-order valence-electron chi connectivity index (χ4n) is 3.76. The number of amides is 1. The van der Waals surface area contributed by atoms with E-state index in [0.29, 0.717) is 24.4 Å². The Labute approximate surface area is 185 Å². The van der Waals surface area contributed by atoms with Crippen LogP contribution in [-0.2, 0) is 9.47 Å². The number of fused-ring (bicyclic) bond motifs is 3. The summed E-state index contributed by atoms with van der Waals surface area (Å²) in [7, 11) is 1.37. The van der Waals surface area contributed by atoms with Gasteiger partial charge >= 0.3 is 12.1 Å². The molecule has 6 heteroatoms. The number of ether oxygens (including phenoxy) is 2. The maximum Gasteiger partial charge on any atom is 0.407 e. The second kappa shape index (κ2) is 9.62. The molecule has 0 bridgehead atoms. The van der Waals surface area contributed by atoms with E-state index in [-0.39, 0.29) is 11.9 Å². The van der Waals surface area contributed by atoms with Gasteiger partial charge in [0, 0.05) is 17.3 Å². The maximum absolute atomic E-state index is 12.2. The minimum Gasteiger partial charge on any atom is -0.465 e. The van der Waals surface area contributed by atoms with Gasteiger partial charge in [-0.25, -0.2) is 9.59 Å². The van der Waals surface area contributed by atoms with Crippen LogP contribution in [0.5, 0.6) is 0 Å². The van der Waals surface area contributed by atoms with E-state index >= 15 is 0 Å².